The number of likely N-dealkylation sites (tertiary alicyclic amines) is 1. The highest BCUT2D eigenvalue weighted by molar-refractivity contribution is 5.92. The minimum atomic E-state index is -0.229. The van der Waals surface area contributed by atoms with Gasteiger partial charge in [-0.2, -0.15) is 0 Å². The zero-order valence-electron chi connectivity index (χ0n) is 13.9. The summed E-state index contributed by atoms with van der Waals surface area (Å²) in [6, 6.07) is 5.89. The average Bonchev–Trinajstić information content (AvgIpc) is 3.24. The first kappa shape index (κ1) is 15.3. The summed E-state index contributed by atoms with van der Waals surface area (Å²) in [5.74, 6) is 0.00690. The topological polar surface area (TPSA) is 60.2 Å². The third-order valence-electron chi connectivity index (χ3n) is 5.07. The molecule has 6 nitrogen and oxygen atoms in total. The summed E-state index contributed by atoms with van der Waals surface area (Å²) in [5.41, 5.74) is 1.16. The third-order valence-corrected chi connectivity index (χ3v) is 5.07. The molecule has 1 amide bonds. The number of aryl methyl sites for hydroxylation is 1. The van der Waals surface area contributed by atoms with Gasteiger partial charge in [0.25, 0.3) is 5.91 Å². The first-order chi connectivity index (χ1) is 11.7. The fourth-order valence-corrected chi connectivity index (χ4v) is 3.88. The van der Waals surface area contributed by atoms with Gasteiger partial charge in [0, 0.05) is 31.1 Å². The van der Waals surface area contributed by atoms with E-state index in [1.165, 1.54) is 0 Å². The van der Waals surface area contributed by atoms with Crippen molar-refractivity contribution < 1.29 is 9.53 Å². The molecule has 4 heterocycles. The van der Waals surface area contributed by atoms with Gasteiger partial charge in [0.2, 0.25) is 0 Å². The average molecular weight is 326 g/mol. The van der Waals surface area contributed by atoms with Gasteiger partial charge >= 0.3 is 0 Å². The Balaban J connectivity index is 1.49. The highest BCUT2D eigenvalue weighted by Gasteiger charge is 2.45. The molecular formula is C18H22N4O2. The number of piperidine rings is 1. The number of rotatable bonds is 2. The summed E-state index contributed by atoms with van der Waals surface area (Å²) in [7, 11) is 0. The Hall–Kier alpha value is -2.21. The zero-order valence-corrected chi connectivity index (χ0v) is 13.9. The molecule has 0 saturated carbocycles. The van der Waals surface area contributed by atoms with Crippen molar-refractivity contribution in [2.45, 2.75) is 37.8 Å². The molecule has 4 rings (SSSR count). The number of carbonyl (C=O) groups is 1. The second-order valence-corrected chi connectivity index (χ2v) is 6.86. The Morgan fingerprint density at radius 1 is 1.42 bits per heavy atom. The Morgan fingerprint density at radius 3 is 3.12 bits per heavy atom. The van der Waals surface area contributed by atoms with E-state index in [4.69, 9.17) is 4.74 Å². The van der Waals surface area contributed by atoms with Gasteiger partial charge < -0.3 is 14.2 Å². The van der Waals surface area contributed by atoms with Crippen LogP contribution in [-0.2, 0) is 4.74 Å². The van der Waals surface area contributed by atoms with E-state index in [1.807, 2.05) is 36.5 Å². The molecule has 0 bridgehead atoms. The molecule has 2 saturated heterocycles. The maximum atomic E-state index is 12.8. The lowest BCUT2D eigenvalue weighted by Gasteiger charge is -2.39. The number of amides is 1. The second-order valence-electron chi connectivity index (χ2n) is 6.86. The van der Waals surface area contributed by atoms with Crippen molar-refractivity contribution in [2.24, 2.45) is 0 Å². The van der Waals surface area contributed by atoms with Crippen LogP contribution >= 0.6 is 0 Å². The standard InChI is InChI=1S/C18H22N4O2/c1-14-4-2-5-16(20-14)17(23)21-8-3-6-18(12-21)10-15(11-24-18)22-9-7-19-13-22/h2,4-5,7,9,13,15H,3,6,8,10-12H2,1H3. The lowest BCUT2D eigenvalue weighted by molar-refractivity contribution is -0.0450. The van der Waals surface area contributed by atoms with Gasteiger partial charge in [-0.1, -0.05) is 6.07 Å². The molecule has 2 aromatic heterocycles. The summed E-state index contributed by atoms with van der Waals surface area (Å²) in [4.78, 5) is 23.2. The van der Waals surface area contributed by atoms with Crippen LogP contribution in [-0.4, -0.2) is 50.6 Å². The molecule has 0 N–H and O–H groups in total. The fourth-order valence-electron chi connectivity index (χ4n) is 3.88. The molecular weight excluding hydrogens is 304 g/mol. The Kier molecular flexibility index (Phi) is 3.84. The van der Waals surface area contributed by atoms with Crippen LogP contribution in [0.15, 0.2) is 36.9 Å². The largest absolute Gasteiger partial charge is 0.371 e. The first-order valence-corrected chi connectivity index (χ1v) is 8.50. The van der Waals surface area contributed by atoms with E-state index in [0.29, 0.717) is 24.9 Å². The quantitative estimate of drug-likeness (QED) is 0.849. The van der Waals surface area contributed by atoms with Crippen LogP contribution in [0.1, 0.15) is 41.5 Å². The summed E-state index contributed by atoms with van der Waals surface area (Å²) in [5, 5.41) is 0. The molecule has 2 atom stereocenters. The molecule has 24 heavy (non-hydrogen) atoms. The minimum Gasteiger partial charge on any atom is -0.371 e. The van der Waals surface area contributed by atoms with Crippen LogP contribution in [0.3, 0.4) is 0 Å². The molecule has 0 aliphatic carbocycles. The lowest BCUT2D eigenvalue weighted by Crippen LogP contribution is -2.50. The smallest absolute Gasteiger partial charge is 0.272 e. The number of nitrogens with zero attached hydrogens (tertiary/aromatic N) is 4. The molecule has 0 radical (unpaired) electrons. The number of carbonyl (C=O) groups excluding carboxylic acids is 1. The van der Waals surface area contributed by atoms with E-state index < -0.39 is 0 Å². The molecule has 6 heteroatoms. The predicted octanol–water partition coefficient (Wildman–Crippen LogP) is 2.22. The van der Waals surface area contributed by atoms with Crippen LogP contribution in [0.2, 0.25) is 0 Å². The van der Waals surface area contributed by atoms with Crippen molar-refractivity contribution in [1.82, 2.24) is 19.4 Å². The number of pyridine rings is 1. The minimum absolute atomic E-state index is 0.00690. The van der Waals surface area contributed by atoms with E-state index in [9.17, 15) is 4.79 Å². The maximum Gasteiger partial charge on any atom is 0.272 e. The van der Waals surface area contributed by atoms with Gasteiger partial charge in [0.15, 0.2) is 0 Å². The molecule has 2 aliphatic rings. The highest BCUT2D eigenvalue weighted by atomic mass is 16.5. The molecule has 126 valence electrons. The molecule has 0 aromatic carbocycles. The lowest BCUT2D eigenvalue weighted by atomic mass is 9.88. The first-order valence-electron chi connectivity index (χ1n) is 8.50. The third kappa shape index (κ3) is 2.82. The summed E-state index contributed by atoms with van der Waals surface area (Å²) >= 11 is 0. The van der Waals surface area contributed by atoms with E-state index >= 15 is 0 Å². The van der Waals surface area contributed by atoms with Gasteiger partial charge in [-0.05, 0) is 31.9 Å². The molecule has 1 spiro atoms. The molecule has 2 fully saturated rings. The Bertz CT molecular complexity index is 730. The van der Waals surface area contributed by atoms with Crippen molar-refractivity contribution in [2.75, 3.05) is 19.7 Å². The van der Waals surface area contributed by atoms with Gasteiger partial charge in [-0.15, -0.1) is 0 Å². The van der Waals surface area contributed by atoms with Crippen LogP contribution in [0, 0.1) is 6.92 Å². The summed E-state index contributed by atoms with van der Waals surface area (Å²) in [6.45, 7) is 4.01. The van der Waals surface area contributed by atoms with Crippen molar-refractivity contribution in [3.63, 3.8) is 0 Å². The number of ether oxygens (including phenoxy) is 1. The van der Waals surface area contributed by atoms with Gasteiger partial charge in [-0.25, -0.2) is 9.97 Å². The van der Waals surface area contributed by atoms with E-state index in [-0.39, 0.29) is 11.5 Å². The molecule has 2 aliphatic heterocycles. The van der Waals surface area contributed by atoms with Gasteiger partial charge in [0.05, 0.1) is 31.1 Å². The summed E-state index contributed by atoms with van der Waals surface area (Å²) < 4.78 is 8.30. The Labute approximate surface area is 141 Å². The molecule has 2 aromatic rings. The fraction of sp³-hybridized carbons (Fsp3) is 0.500. The van der Waals surface area contributed by atoms with Crippen molar-refractivity contribution in [1.29, 1.82) is 0 Å². The SMILES string of the molecule is Cc1cccc(C(=O)N2CCCC3(CC(n4ccnc4)CO3)C2)n1. The van der Waals surface area contributed by atoms with Crippen molar-refractivity contribution >= 4 is 5.91 Å². The Morgan fingerprint density at radius 2 is 2.33 bits per heavy atom. The van der Waals surface area contributed by atoms with Gasteiger partial charge in [-0.3, -0.25) is 4.79 Å². The van der Waals surface area contributed by atoms with Crippen molar-refractivity contribution in [3.05, 3.63) is 48.3 Å². The molecule has 2 unspecified atom stereocenters. The van der Waals surface area contributed by atoms with Crippen LogP contribution in [0.4, 0.5) is 0 Å². The van der Waals surface area contributed by atoms with E-state index in [0.717, 1.165) is 31.5 Å². The van der Waals surface area contributed by atoms with E-state index in [1.54, 1.807) is 12.3 Å². The van der Waals surface area contributed by atoms with Crippen LogP contribution in [0.25, 0.3) is 0 Å². The number of hydrogen-bond donors (Lipinski definition) is 0. The maximum absolute atomic E-state index is 12.8. The predicted molar refractivity (Wildman–Crippen MR) is 88.7 cm³/mol. The number of hydrogen-bond acceptors (Lipinski definition) is 4. The van der Waals surface area contributed by atoms with Crippen LogP contribution < -0.4 is 0 Å². The second kappa shape index (κ2) is 6.02. The zero-order chi connectivity index (χ0) is 16.6. The van der Waals surface area contributed by atoms with E-state index in [2.05, 4.69) is 14.5 Å². The van der Waals surface area contributed by atoms with Gasteiger partial charge in [0.1, 0.15) is 5.69 Å². The highest BCUT2D eigenvalue weighted by Crippen LogP contribution is 2.39. The number of aromatic nitrogens is 3. The monoisotopic (exact) mass is 326 g/mol. The number of imidazole rings is 1. The van der Waals surface area contributed by atoms with Crippen molar-refractivity contribution in [3.8, 4) is 0 Å². The normalized spacial score (nSPS) is 26.9. The summed E-state index contributed by atoms with van der Waals surface area (Å²) in [6.07, 6.45) is 8.52. The van der Waals surface area contributed by atoms with Crippen LogP contribution in [0.5, 0.6) is 0 Å².